The summed E-state index contributed by atoms with van der Waals surface area (Å²) in [6.07, 6.45) is 1.01. The molecule has 1 N–H and O–H groups in total. The van der Waals surface area contributed by atoms with Crippen LogP contribution in [0.15, 0.2) is 35.2 Å². The number of amides is 1. The standard InChI is InChI=1S/C15H17ClN2O2S/c1-11(20-14-5-2-12(16)3-6-14)8-17-15(19)7-4-13-9-21-10-18-13/h2-3,5-6,9-11H,4,7-8H2,1H3,(H,17,19)/t11-/m0/s1. The summed E-state index contributed by atoms with van der Waals surface area (Å²) in [5.41, 5.74) is 2.73. The van der Waals surface area contributed by atoms with E-state index in [0.717, 1.165) is 11.4 Å². The van der Waals surface area contributed by atoms with E-state index < -0.39 is 0 Å². The lowest BCUT2D eigenvalue weighted by Crippen LogP contribution is -2.33. The van der Waals surface area contributed by atoms with Crippen molar-refractivity contribution in [3.63, 3.8) is 0 Å². The van der Waals surface area contributed by atoms with Crippen LogP contribution in [0.5, 0.6) is 5.75 Å². The number of nitrogens with one attached hydrogen (secondary N) is 1. The first-order valence-corrected chi connectivity index (χ1v) is 8.01. The van der Waals surface area contributed by atoms with Crippen LogP contribution in [0.25, 0.3) is 0 Å². The summed E-state index contributed by atoms with van der Waals surface area (Å²) in [5, 5.41) is 5.49. The molecule has 0 fully saturated rings. The van der Waals surface area contributed by atoms with Gasteiger partial charge in [0.2, 0.25) is 5.91 Å². The summed E-state index contributed by atoms with van der Waals surface area (Å²) in [5.74, 6) is 0.748. The minimum absolute atomic E-state index is 0.00885. The third-order valence-corrected chi connectivity index (χ3v) is 3.72. The van der Waals surface area contributed by atoms with E-state index in [-0.39, 0.29) is 12.0 Å². The van der Waals surface area contributed by atoms with Gasteiger partial charge in [-0.05, 0) is 37.6 Å². The molecule has 0 radical (unpaired) electrons. The highest BCUT2D eigenvalue weighted by atomic mass is 35.5. The summed E-state index contributed by atoms with van der Waals surface area (Å²) < 4.78 is 5.69. The van der Waals surface area contributed by atoms with Gasteiger partial charge in [-0.25, -0.2) is 4.98 Å². The lowest BCUT2D eigenvalue weighted by atomic mass is 10.2. The molecule has 1 amide bonds. The smallest absolute Gasteiger partial charge is 0.220 e. The van der Waals surface area contributed by atoms with Crippen LogP contribution in [0.2, 0.25) is 5.02 Å². The molecule has 0 bridgehead atoms. The van der Waals surface area contributed by atoms with Gasteiger partial charge in [0, 0.05) is 16.8 Å². The molecule has 0 aliphatic rings. The highest BCUT2D eigenvalue weighted by molar-refractivity contribution is 7.07. The fourth-order valence-corrected chi connectivity index (χ4v) is 2.45. The maximum absolute atomic E-state index is 11.7. The number of aryl methyl sites for hydroxylation is 1. The largest absolute Gasteiger partial charge is 0.489 e. The number of carbonyl (C=O) groups is 1. The molecule has 1 aromatic carbocycles. The van der Waals surface area contributed by atoms with Crippen molar-refractivity contribution < 1.29 is 9.53 Å². The molecule has 0 saturated heterocycles. The number of hydrogen-bond acceptors (Lipinski definition) is 4. The predicted octanol–water partition coefficient (Wildman–Crippen LogP) is 3.31. The maximum atomic E-state index is 11.7. The molecule has 112 valence electrons. The Hall–Kier alpha value is -1.59. The van der Waals surface area contributed by atoms with Crippen molar-refractivity contribution in [1.29, 1.82) is 0 Å². The van der Waals surface area contributed by atoms with Gasteiger partial charge in [-0.15, -0.1) is 11.3 Å². The van der Waals surface area contributed by atoms with Gasteiger partial charge in [0.25, 0.3) is 0 Å². The molecule has 0 aliphatic heterocycles. The second kappa shape index (κ2) is 8.00. The van der Waals surface area contributed by atoms with Crippen molar-refractivity contribution in [2.75, 3.05) is 6.54 Å². The number of aromatic nitrogens is 1. The Morgan fingerprint density at radius 2 is 2.19 bits per heavy atom. The Morgan fingerprint density at radius 3 is 2.86 bits per heavy atom. The van der Waals surface area contributed by atoms with Crippen LogP contribution in [0.3, 0.4) is 0 Å². The van der Waals surface area contributed by atoms with Crippen molar-refractivity contribution in [2.24, 2.45) is 0 Å². The van der Waals surface area contributed by atoms with E-state index in [4.69, 9.17) is 16.3 Å². The zero-order valence-corrected chi connectivity index (χ0v) is 13.3. The third-order valence-electron chi connectivity index (χ3n) is 2.83. The first kappa shape index (κ1) is 15.8. The molecule has 1 heterocycles. The number of ether oxygens (including phenoxy) is 1. The lowest BCUT2D eigenvalue weighted by Gasteiger charge is -2.15. The van der Waals surface area contributed by atoms with Crippen LogP contribution in [0, 0.1) is 0 Å². The average molecular weight is 325 g/mol. The third kappa shape index (κ3) is 5.73. The van der Waals surface area contributed by atoms with Crippen LogP contribution < -0.4 is 10.1 Å². The fraction of sp³-hybridized carbons (Fsp3) is 0.333. The summed E-state index contributed by atoms with van der Waals surface area (Å²) in [7, 11) is 0. The Bertz CT molecular complexity index is 558. The minimum atomic E-state index is -0.102. The van der Waals surface area contributed by atoms with Crippen molar-refractivity contribution in [2.45, 2.75) is 25.9 Å². The van der Waals surface area contributed by atoms with Crippen LogP contribution in [-0.2, 0) is 11.2 Å². The number of thiazole rings is 1. The maximum Gasteiger partial charge on any atom is 0.220 e. The Balaban J connectivity index is 1.67. The zero-order valence-electron chi connectivity index (χ0n) is 11.7. The Kier molecular flexibility index (Phi) is 6.02. The second-order valence-electron chi connectivity index (χ2n) is 4.67. The molecule has 6 heteroatoms. The molecule has 2 aromatic rings. The number of nitrogens with zero attached hydrogens (tertiary/aromatic N) is 1. The van der Waals surface area contributed by atoms with E-state index in [0.29, 0.717) is 24.4 Å². The second-order valence-corrected chi connectivity index (χ2v) is 5.82. The van der Waals surface area contributed by atoms with Gasteiger partial charge in [-0.1, -0.05) is 11.6 Å². The molecule has 4 nitrogen and oxygen atoms in total. The summed E-state index contributed by atoms with van der Waals surface area (Å²) >= 11 is 7.35. The minimum Gasteiger partial charge on any atom is -0.489 e. The SMILES string of the molecule is C[C@@H](CNC(=O)CCc1cscn1)Oc1ccc(Cl)cc1. The molecule has 0 spiro atoms. The van der Waals surface area contributed by atoms with Crippen LogP contribution in [-0.4, -0.2) is 23.5 Å². The van der Waals surface area contributed by atoms with E-state index >= 15 is 0 Å². The predicted molar refractivity (Wildman–Crippen MR) is 85.0 cm³/mol. The van der Waals surface area contributed by atoms with Gasteiger partial charge in [-0.2, -0.15) is 0 Å². The van der Waals surface area contributed by atoms with Crippen molar-refractivity contribution >= 4 is 28.8 Å². The number of rotatable bonds is 7. The highest BCUT2D eigenvalue weighted by Crippen LogP contribution is 2.16. The van der Waals surface area contributed by atoms with Gasteiger partial charge in [0.1, 0.15) is 11.9 Å². The van der Waals surface area contributed by atoms with Gasteiger partial charge >= 0.3 is 0 Å². The van der Waals surface area contributed by atoms with Gasteiger partial charge in [0.15, 0.2) is 0 Å². The fourth-order valence-electron chi connectivity index (χ4n) is 1.74. The Morgan fingerprint density at radius 1 is 1.43 bits per heavy atom. The first-order valence-electron chi connectivity index (χ1n) is 6.69. The van der Waals surface area contributed by atoms with E-state index in [1.807, 2.05) is 24.4 Å². The molecule has 0 aliphatic carbocycles. The summed E-state index contributed by atoms with van der Waals surface area (Å²) in [4.78, 5) is 15.9. The molecular weight excluding hydrogens is 308 g/mol. The quantitative estimate of drug-likeness (QED) is 0.850. The number of carbonyl (C=O) groups excluding carboxylic acids is 1. The van der Waals surface area contributed by atoms with E-state index in [2.05, 4.69) is 10.3 Å². The number of hydrogen-bond donors (Lipinski definition) is 1. The lowest BCUT2D eigenvalue weighted by molar-refractivity contribution is -0.121. The van der Waals surface area contributed by atoms with Gasteiger partial charge < -0.3 is 10.1 Å². The number of benzene rings is 1. The zero-order chi connectivity index (χ0) is 15.1. The molecular formula is C15H17ClN2O2S. The van der Waals surface area contributed by atoms with Crippen LogP contribution in [0.1, 0.15) is 19.0 Å². The van der Waals surface area contributed by atoms with E-state index in [1.54, 1.807) is 17.6 Å². The summed E-state index contributed by atoms with van der Waals surface area (Å²) in [6, 6.07) is 7.16. The van der Waals surface area contributed by atoms with Crippen LogP contribution >= 0.6 is 22.9 Å². The van der Waals surface area contributed by atoms with Crippen LogP contribution in [0.4, 0.5) is 0 Å². The number of halogens is 1. The summed E-state index contributed by atoms with van der Waals surface area (Å²) in [6.45, 7) is 2.38. The highest BCUT2D eigenvalue weighted by Gasteiger charge is 2.08. The molecule has 1 aromatic heterocycles. The van der Waals surface area contributed by atoms with Crippen molar-refractivity contribution in [3.05, 3.63) is 45.9 Å². The van der Waals surface area contributed by atoms with Gasteiger partial charge in [0.05, 0.1) is 17.7 Å². The van der Waals surface area contributed by atoms with E-state index in [9.17, 15) is 4.79 Å². The van der Waals surface area contributed by atoms with Crippen molar-refractivity contribution in [1.82, 2.24) is 10.3 Å². The van der Waals surface area contributed by atoms with Gasteiger partial charge in [-0.3, -0.25) is 4.79 Å². The molecule has 0 saturated carbocycles. The van der Waals surface area contributed by atoms with Crippen molar-refractivity contribution in [3.8, 4) is 5.75 Å². The molecule has 1 atom stereocenters. The molecule has 0 unspecified atom stereocenters. The normalized spacial score (nSPS) is 11.9. The molecule has 2 rings (SSSR count). The Labute approximate surface area is 133 Å². The van der Waals surface area contributed by atoms with E-state index in [1.165, 1.54) is 11.3 Å². The first-order chi connectivity index (χ1) is 10.1. The molecule has 21 heavy (non-hydrogen) atoms. The average Bonchev–Trinajstić information content (AvgIpc) is 2.99. The topological polar surface area (TPSA) is 51.2 Å². The monoisotopic (exact) mass is 324 g/mol.